The van der Waals surface area contributed by atoms with Gasteiger partial charge in [0.1, 0.15) is 24.3 Å². The van der Waals surface area contributed by atoms with Crippen molar-refractivity contribution in [1.29, 1.82) is 10.5 Å². The lowest BCUT2D eigenvalue weighted by Crippen LogP contribution is -2.11. The number of benzene rings is 2. The predicted octanol–water partition coefficient (Wildman–Crippen LogP) is 4.60. The van der Waals surface area contributed by atoms with E-state index in [9.17, 15) is 23.5 Å². The minimum Gasteiger partial charge on any atom is -0.328 e. The average molecular weight is 588 g/mol. The molecule has 1 aliphatic heterocycles. The molecule has 0 aliphatic carbocycles. The maximum absolute atomic E-state index is 13.7. The molecule has 0 spiro atoms. The summed E-state index contributed by atoms with van der Waals surface area (Å²) in [7, 11) is -9.08. The zero-order valence-electron chi connectivity index (χ0n) is 20.6. The molecule has 202 valence electrons. The summed E-state index contributed by atoms with van der Waals surface area (Å²) in [5.74, 6) is 0. The third kappa shape index (κ3) is 8.45. The number of allylic oxidation sites excluding steroid dienone is 4. The summed E-state index contributed by atoms with van der Waals surface area (Å²) in [6.07, 6.45) is 4.83. The molecule has 1 aliphatic rings. The van der Waals surface area contributed by atoms with Crippen molar-refractivity contribution in [3.63, 3.8) is 0 Å². The van der Waals surface area contributed by atoms with Crippen LogP contribution in [-0.2, 0) is 36.3 Å². The van der Waals surface area contributed by atoms with Gasteiger partial charge < -0.3 is 14.3 Å². The van der Waals surface area contributed by atoms with Gasteiger partial charge in [0.05, 0.1) is 16.4 Å². The highest BCUT2D eigenvalue weighted by Gasteiger charge is 2.30. The molecule has 39 heavy (non-hydrogen) atoms. The van der Waals surface area contributed by atoms with Crippen LogP contribution in [0.15, 0.2) is 71.8 Å². The van der Waals surface area contributed by atoms with Gasteiger partial charge in [-0.1, -0.05) is 48.5 Å². The summed E-state index contributed by atoms with van der Waals surface area (Å²) in [5, 5.41) is 18.9. The number of aryl methyl sites for hydroxylation is 2. The van der Waals surface area contributed by atoms with Crippen molar-refractivity contribution in [2.45, 2.75) is 25.7 Å². The molecule has 0 saturated carbocycles. The fourth-order valence-electron chi connectivity index (χ4n) is 3.89. The quantitative estimate of drug-likeness (QED) is 0.181. The minimum atomic E-state index is -4.02. The highest BCUT2D eigenvalue weighted by Crippen LogP contribution is 2.39. The van der Waals surface area contributed by atoms with Crippen LogP contribution in [0.3, 0.4) is 0 Å². The van der Waals surface area contributed by atoms with Crippen molar-refractivity contribution in [3.8, 4) is 12.1 Å². The van der Waals surface area contributed by atoms with E-state index in [-0.39, 0.29) is 34.2 Å². The molecule has 0 aromatic heterocycles. The van der Waals surface area contributed by atoms with Crippen molar-refractivity contribution in [2.24, 2.45) is 0 Å². The highest BCUT2D eigenvalue weighted by molar-refractivity contribution is 8.09. The Morgan fingerprint density at radius 3 is 1.72 bits per heavy atom. The van der Waals surface area contributed by atoms with E-state index in [0.29, 0.717) is 36.8 Å². The van der Waals surface area contributed by atoms with Crippen LogP contribution in [0.5, 0.6) is 0 Å². The Bertz CT molecular complexity index is 1470. The lowest BCUT2D eigenvalue weighted by Gasteiger charge is -2.19. The van der Waals surface area contributed by atoms with E-state index < -0.39 is 26.7 Å². The molecule has 0 radical (unpaired) electrons. The molecule has 2 aromatic rings. The first-order chi connectivity index (χ1) is 18.6. The second kappa shape index (κ2) is 14.3. The highest BCUT2D eigenvalue weighted by atomic mass is 32.2. The Balaban J connectivity index is 1.89. The average Bonchev–Trinajstić information content (AvgIpc) is 2.91. The third-order valence-corrected chi connectivity index (χ3v) is 8.45. The second-order valence-electron chi connectivity index (χ2n) is 8.33. The largest absolute Gasteiger partial charge is 0.694 e. The number of nitriles is 2. The number of rotatable bonds is 12. The number of nitrogens with zero attached hydrogens (tertiary/aromatic N) is 2. The molecular weight excluding hydrogens is 562 g/mol. The van der Waals surface area contributed by atoms with Crippen LogP contribution < -0.4 is 0 Å². The zero-order chi connectivity index (χ0) is 28.4. The molecule has 0 saturated heterocycles. The molecule has 10 nitrogen and oxygen atoms in total. The summed E-state index contributed by atoms with van der Waals surface area (Å²) < 4.78 is 47.5. The molecular formula is C26H25N2O8P2S+. The smallest absolute Gasteiger partial charge is 0.328 e. The van der Waals surface area contributed by atoms with Crippen LogP contribution in [0.25, 0.3) is 9.81 Å². The molecule has 0 bridgehead atoms. The van der Waals surface area contributed by atoms with Gasteiger partial charge in [0, 0.05) is 10.1 Å². The van der Waals surface area contributed by atoms with Gasteiger partial charge in [0.25, 0.3) is 0 Å². The van der Waals surface area contributed by atoms with E-state index in [1.165, 1.54) is 12.2 Å². The summed E-state index contributed by atoms with van der Waals surface area (Å²) in [5.41, 5.74) is 2.51. The van der Waals surface area contributed by atoms with Crippen molar-refractivity contribution in [3.05, 3.63) is 94.1 Å². The van der Waals surface area contributed by atoms with Gasteiger partial charge in [-0.05, 0) is 60.1 Å². The number of sulfone groups is 1. The second-order valence-corrected chi connectivity index (χ2v) is 11.7. The SMILES string of the molecule is N#CC(C#N)=C1C=C(c2ccc(CCCOP(O)O)cc2)S(=O)(=O)C(c2ccc(CCCO[P+](=O)O)cc2)=C1. The molecule has 3 rings (SSSR count). The maximum Gasteiger partial charge on any atom is 0.694 e. The van der Waals surface area contributed by atoms with Crippen LogP contribution in [0, 0.1) is 22.7 Å². The van der Waals surface area contributed by atoms with E-state index in [4.69, 9.17) is 19.2 Å². The lowest BCUT2D eigenvalue weighted by molar-refractivity contribution is 0.252. The first-order valence-electron chi connectivity index (χ1n) is 11.7. The first-order valence-corrected chi connectivity index (χ1v) is 15.4. The third-order valence-electron chi connectivity index (χ3n) is 5.77. The van der Waals surface area contributed by atoms with Crippen LogP contribution >= 0.6 is 16.9 Å². The van der Waals surface area contributed by atoms with Crippen LogP contribution in [0.1, 0.15) is 35.1 Å². The van der Waals surface area contributed by atoms with E-state index >= 15 is 0 Å². The Labute approximate surface area is 228 Å². The fourth-order valence-corrected chi connectivity index (χ4v) is 6.16. The summed E-state index contributed by atoms with van der Waals surface area (Å²) in [4.78, 5) is 26.3. The minimum absolute atomic E-state index is 0.0431. The van der Waals surface area contributed by atoms with Gasteiger partial charge in [-0.25, -0.2) is 8.42 Å². The van der Waals surface area contributed by atoms with Gasteiger partial charge in [0.15, 0.2) is 0 Å². The molecule has 13 heteroatoms. The van der Waals surface area contributed by atoms with Crippen LogP contribution in [-0.4, -0.2) is 36.3 Å². The summed E-state index contributed by atoms with van der Waals surface area (Å²) >= 11 is 0. The van der Waals surface area contributed by atoms with E-state index in [0.717, 1.165) is 11.1 Å². The Morgan fingerprint density at radius 1 is 0.846 bits per heavy atom. The van der Waals surface area contributed by atoms with Crippen molar-refractivity contribution in [2.75, 3.05) is 13.2 Å². The fraction of sp³-hybridized carbons (Fsp3) is 0.231. The Kier molecular flexibility index (Phi) is 11.2. The molecule has 3 N–H and O–H groups in total. The molecule has 1 unspecified atom stereocenters. The number of hydrogen-bond acceptors (Lipinski definition) is 9. The van der Waals surface area contributed by atoms with Gasteiger partial charge in [-0.15, -0.1) is 9.42 Å². The van der Waals surface area contributed by atoms with Crippen LogP contribution in [0.4, 0.5) is 0 Å². The van der Waals surface area contributed by atoms with E-state index in [1.54, 1.807) is 48.5 Å². The standard InChI is InChI=1S/C26H24N2O8P2S/c27-17-24(18-28)23-15-25(21-9-5-19(6-10-21)3-1-13-35-37(29)30)39(33,34)26(16-23)22-11-7-20(8-12-22)4-2-14-36-38(31)32/h5-12,15-16,29-30H,1-4,13-14H2/p+1. The predicted molar refractivity (Wildman–Crippen MR) is 146 cm³/mol. The molecule has 1 atom stereocenters. The first kappa shape index (κ1) is 30.5. The monoisotopic (exact) mass is 587 g/mol. The summed E-state index contributed by atoms with van der Waals surface area (Å²) in [6.45, 7) is 0.281. The van der Waals surface area contributed by atoms with Crippen LogP contribution in [0.2, 0.25) is 0 Å². The normalized spacial score (nSPS) is 14.7. The molecule has 0 fully saturated rings. The van der Waals surface area contributed by atoms with E-state index in [2.05, 4.69) is 4.52 Å². The summed E-state index contributed by atoms with van der Waals surface area (Å²) in [6, 6.07) is 17.2. The van der Waals surface area contributed by atoms with Gasteiger partial charge >= 0.3 is 16.9 Å². The van der Waals surface area contributed by atoms with Crippen molar-refractivity contribution < 1.29 is 36.7 Å². The van der Waals surface area contributed by atoms with Gasteiger partial charge in [-0.2, -0.15) is 10.5 Å². The van der Waals surface area contributed by atoms with Crippen molar-refractivity contribution in [1.82, 2.24) is 0 Å². The topological polar surface area (TPSA) is 178 Å². The molecule has 1 heterocycles. The van der Waals surface area contributed by atoms with Gasteiger partial charge in [-0.3, -0.25) is 0 Å². The lowest BCUT2D eigenvalue weighted by atomic mass is 10.0. The molecule has 0 amide bonds. The molecule has 2 aromatic carbocycles. The van der Waals surface area contributed by atoms with Crippen molar-refractivity contribution >= 4 is 36.5 Å². The number of hydrogen-bond donors (Lipinski definition) is 3. The zero-order valence-corrected chi connectivity index (χ0v) is 23.2. The van der Waals surface area contributed by atoms with Gasteiger partial charge in [0.2, 0.25) is 9.84 Å². The Hall–Kier alpha value is -3.08. The Morgan fingerprint density at radius 2 is 1.31 bits per heavy atom. The van der Waals surface area contributed by atoms with E-state index in [1.807, 2.05) is 12.1 Å². The maximum atomic E-state index is 13.7.